The van der Waals surface area contributed by atoms with Gasteiger partial charge in [-0.15, -0.1) is 0 Å². The Labute approximate surface area is 81.1 Å². The number of nitrogens with zero attached hydrogens (tertiary/aromatic N) is 2. The first-order valence-electron chi connectivity index (χ1n) is 4.14. The summed E-state index contributed by atoms with van der Waals surface area (Å²) in [6.45, 7) is 2.82. The molecule has 68 valence electrons. The highest BCUT2D eigenvalue weighted by Gasteiger charge is 2.09. The first-order chi connectivity index (χ1) is 6.24. The van der Waals surface area contributed by atoms with Gasteiger partial charge in [0.1, 0.15) is 0 Å². The van der Waals surface area contributed by atoms with Gasteiger partial charge in [-0.25, -0.2) is 0 Å². The van der Waals surface area contributed by atoms with Gasteiger partial charge in [0.05, 0.1) is 10.9 Å². The molecule has 0 atom stereocenters. The molecule has 0 bridgehead atoms. The van der Waals surface area contributed by atoms with Crippen molar-refractivity contribution in [2.24, 2.45) is 0 Å². The number of nitrogens with two attached hydrogens (primary N) is 1. The molecule has 0 spiro atoms. The highest BCUT2D eigenvalue weighted by molar-refractivity contribution is 6.35. The van der Waals surface area contributed by atoms with Crippen molar-refractivity contribution in [3.63, 3.8) is 0 Å². The van der Waals surface area contributed by atoms with Crippen molar-refractivity contribution in [1.82, 2.24) is 9.78 Å². The summed E-state index contributed by atoms with van der Waals surface area (Å²) in [6.07, 6.45) is 0. The maximum Gasteiger partial charge on any atom is 0.161 e. The predicted molar refractivity (Wildman–Crippen MR) is 54.8 cm³/mol. The Balaban J connectivity index is 2.87. The minimum atomic E-state index is 0.481. The van der Waals surface area contributed by atoms with Crippen LogP contribution in [0.15, 0.2) is 18.2 Å². The van der Waals surface area contributed by atoms with Gasteiger partial charge in [0.2, 0.25) is 0 Å². The van der Waals surface area contributed by atoms with Crippen LogP contribution in [0, 0.1) is 0 Å². The number of fused-ring (bicyclic) bond motifs is 1. The van der Waals surface area contributed by atoms with Crippen molar-refractivity contribution < 1.29 is 0 Å². The van der Waals surface area contributed by atoms with Crippen LogP contribution >= 0.6 is 11.6 Å². The van der Waals surface area contributed by atoms with E-state index in [2.05, 4.69) is 5.10 Å². The molecule has 4 heteroatoms. The van der Waals surface area contributed by atoms with Gasteiger partial charge in [-0.2, -0.15) is 5.10 Å². The minimum Gasteiger partial charge on any atom is -0.398 e. The Morgan fingerprint density at radius 3 is 3.00 bits per heavy atom. The van der Waals surface area contributed by atoms with Crippen molar-refractivity contribution in [1.29, 1.82) is 0 Å². The third-order valence-corrected chi connectivity index (χ3v) is 2.33. The lowest BCUT2D eigenvalue weighted by atomic mass is 10.2. The van der Waals surface area contributed by atoms with E-state index in [9.17, 15) is 0 Å². The second-order valence-corrected chi connectivity index (χ2v) is 3.21. The zero-order valence-corrected chi connectivity index (χ0v) is 8.04. The van der Waals surface area contributed by atoms with E-state index in [-0.39, 0.29) is 0 Å². The molecule has 0 aliphatic heterocycles. The minimum absolute atomic E-state index is 0.481. The number of aryl methyl sites for hydroxylation is 1. The molecule has 3 nitrogen and oxygen atoms in total. The number of aromatic nitrogens is 2. The molecule has 0 unspecified atom stereocenters. The summed E-state index contributed by atoms with van der Waals surface area (Å²) in [4.78, 5) is 0. The largest absolute Gasteiger partial charge is 0.398 e. The summed E-state index contributed by atoms with van der Waals surface area (Å²) in [5.74, 6) is 0. The Morgan fingerprint density at radius 2 is 2.31 bits per heavy atom. The van der Waals surface area contributed by atoms with Crippen molar-refractivity contribution in [2.45, 2.75) is 13.5 Å². The molecule has 1 heterocycles. The number of anilines is 1. The molecule has 0 saturated heterocycles. The fourth-order valence-corrected chi connectivity index (χ4v) is 1.75. The molecular formula is C9H10ClN3. The molecule has 2 rings (SSSR count). The van der Waals surface area contributed by atoms with Crippen LogP contribution in [0.25, 0.3) is 10.9 Å². The normalized spacial score (nSPS) is 10.9. The molecule has 0 aliphatic rings. The average molecular weight is 196 g/mol. The molecule has 0 radical (unpaired) electrons. The van der Waals surface area contributed by atoms with Crippen molar-refractivity contribution in [3.05, 3.63) is 23.4 Å². The zero-order chi connectivity index (χ0) is 9.42. The lowest BCUT2D eigenvalue weighted by Crippen LogP contribution is -1.95. The molecule has 1 aromatic heterocycles. The van der Waals surface area contributed by atoms with E-state index >= 15 is 0 Å². The van der Waals surface area contributed by atoms with E-state index in [1.54, 1.807) is 0 Å². The molecule has 2 aromatic rings. The first-order valence-corrected chi connectivity index (χ1v) is 4.52. The van der Waals surface area contributed by atoms with Crippen LogP contribution < -0.4 is 5.73 Å². The van der Waals surface area contributed by atoms with E-state index in [0.717, 1.165) is 17.4 Å². The van der Waals surface area contributed by atoms with Gasteiger partial charge < -0.3 is 5.73 Å². The van der Waals surface area contributed by atoms with Crippen molar-refractivity contribution in [3.8, 4) is 0 Å². The molecule has 0 fully saturated rings. The Hall–Kier alpha value is -1.22. The molecular weight excluding hydrogens is 186 g/mol. The van der Waals surface area contributed by atoms with Gasteiger partial charge in [0, 0.05) is 12.2 Å². The van der Waals surface area contributed by atoms with Gasteiger partial charge in [-0.3, -0.25) is 4.68 Å². The third kappa shape index (κ3) is 1.16. The fraction of sp³-hybridized carbons (Fsp3) is 0.222. The first kappa shape index (κ1) is 8.38. The summed E-state index contributed by atoms with van der Waals surface area (Å²) in [6, 6.07) is 5.70. The van der Waals surface area contributed by atoms with Gasteiger partial charge in [-0.1, -0.05) is 17.7 Å². The highest BCUT2D eigenvalue weighted by atomic mass is 35.5. The standard InChI is InChI=1S/C9H10ClN3/c1-2-13-7-5-3-4-6(11)8(7)9(10)12-13/h3-5H,2,11H2,1H3. The number of benzene rings is 1. The quantitative estimate of drug-likeness (QED) is 0.710. The van der Waals surface area contributed by atoms with Crippen LogP contribution in [0.3, 0.4) is 0 Å². The number of hydrogen-bond acceptors (Lipinski definition) is 2. The van der Waals surface area contributed by atoms with Gasteiger partial charge in [-0.05, 0) is 19.1 Å². The summed E-state index contributed by atoms with van der Waals surface area (Å²) in [5.41, 5.74) is 7.46. The second-order valence-electron chi connectivity index (χ2n) is 2.85. The van der Waals surface area contributed by atoms with Crippen LogP contribution in [0.1, 0.15) is 6.92 Å². The van der Waals surface area contributed by atoms with Gasteiger partial charge in [0.15, 0.2) is 5.15 Å². The number of nitrogen functional groups attached to an aromatic ring is 1. The van der Waals surface area contributed by atoms with Crippen LogP contribution in [-0.2, 0) is 6.54 Å². The molecule has 13 heavy (non-hydrogen) atoms. The topological polar surface area (TPSA) is 43.8 Å². The highest BCUT2D eigenvalue weighted by Crippen LogP contribution is 2.27. The predicted octanol–water partition coefficient (Wildman–Crippen LogP) is 2.29. The maximum atomic E-state index is 5.95. The van der Waals surface area contributed by atoms with E-state index in [4.69, 9.17) is 17.3 Å². The molecule has 0 aliphatic carbocycles. The van der Waals surface area contributed by atoms with E-state index in [1.165, 1.54) is 0 Å². The number of halogens is 1. The molecule has 0 saturated carbocycles. The number of hydrogen-bond donors (Lipinski definition) is 1. The van der Waals surface area contributed by atoms with Crippen LogP contribution in [0.4, 0.5) is 5.69 Å². The molecule has 0 amide bonds. The van der Waals surface area contributed by atoms with E-state index in [1.807, 2.05) is 29.8 Å². The smallest absolute Gasteiger partial charge is 0.161 e. The maximum absolute atomic E-state index is 5.95. The zero-order valence-electron chi connectivity index (χ0n) is 7.29. The summed E-state index contributed by atoms with van der Waals surface area (Å²) >= 11 is 5.95. The Kier molecular flexibility index (Phi) is 1.88. The summed E-state index contributed by atoms with van der Waals surface area (Å²) in [7, 11) is 0. The van der Waals surface area contributed by atoms with E-state index < -0.39 is 0 Å². The summed E-state index contributed by atoms with van der Waals surface area (Å²) < 4.78 is 1.84. The van der Waals surface area contributed by atoms with Crippen LogP contribution in [0.5, 0.6) is 0 Å². The third-order valence-electron chi connectivity index (χ3n) is 2.07. The Morgan fingerprint density at radius 1 is 1.54 bits per heavy atom. The van der Waals surface area contributed by atoms with Gasteiger partial charge in [0.25, 0.3) is 0 Å². The van der Waals surface area contributed by atoms with Crippen LogP contribution in [-0.4, -0.2) is 9.78 Å². The van der Waals surface area contributed by atoms with E-state index in [0.29, 0.717) is 10.8 Å². The fourth-order valence-electron chi connectivity index (χ4n) is 1.45. The Bertz CT molecular complexity index is 447. The lowest BCUT2D eigenvalue weighted by Gasteiger charge is -1.98. The van der Waals surface area contributed by atoms with Crippen molar-refractivity contribution >= 4 is 28.2 Å². The summed E-state index contributed by atoms with van der Waals surface area (Å²) in [5, 5.41) is 5.51. The molecule has 1 aromatic carbocycles. The second kappa shape index (κ2) is 2.92. The average Bonchev–Trinajstić information content (AvgIpc) is 2.44. The molecule has 2 N–H and O–H groups in total. The van der Waals surface area contributed by atoms with Gasteiger partial charge >= 0.3 is 0 Å². The number of rotatable bonds is 1. The van der Waals surface area contributed by atoms with Crippen LogP contribution in [0.2, 0.25) is 5.15 Å². The van der Waals surface area contributed by atoms with Crippen molar-refractivity contribution in [2.75, 3.05) is 5.73 Å². The lowest BCUT2D eigenvalue weighted by molar-refractivity contribution is 0.684. The monoisotopic (exact) mass is 195 g/mol. The SMILES string of the molecule is CCn1nc(Cl)c2c(N)cccc21.